The standard InChI is InChI=1S/C46H52F3N11O5/c47-46(48,49)43(63)65-39-34(55-42(62)30-14-9-15-30)24-35(38(39)61)60-27-52-37-40(51-25-33(28-10-3-1-4-11-28)29-12-5-2-6-13-29)56-44(57-41(37)60)53-32-19-23-59(26-32)45(64)54-31-17-21-58(22-18-31)36-16-7-8-20-50-36/h1-8,10-13,16,20,27,30-35,38-39,61H,9,14-15,17-19,21-26H2,(H,54,64)(H,55,62)(H2,51,53,56,57)/t32-,34-,35+,38-,39+/m0/s1. The third-order valence-corrected chi connectivity index (χ3v) is 13.2. The number of anilines is 3. The number of carbonyl (C=O) groups excluding carboxylic acids is 3. The third-order valence-electron chi connectivity index (χ3n) is 13.2. The van der Waals surface area contributed by atoms with Crippen LogP contribution in [-0.2, 0) is 14.3 Å². The molecule has 0 spiro atoms. The van der Waals surface area contributed by atoms with Crippen LogP contribution < -0.4 is 26.2 Å². The van der Waals surface area contributed by atoms with Crippen molar-refractivity contribution in [1.82, 2.24) is 40.0 Å². The van der Waals surface area contributed by atoms with Crippen LogP contribution in [0.2, 0.25) is 0 Å². The van der Waals surface area contributed by atoms with Crippen LogP contribution in [0.15, 0.2) is 91.4 Å². The molecule has 5 heterocycles. The van der Waals surface area contributed by atoms with Crippen molar-refractivity contribution in [1.29, 1.82) is 0 Å². The molecule has 4 aliphatic rings. The van der Waals surface area contributed by atoms with Crippen molar-refractivity contribution in [2.24, 2.45) is 5.92 Å². The van der Waals surface area contributed by atoms with Gasteiger partial charge in [0.15, 0.2) is 23.1 Å². The number of hydrogen-bond acceptors (Lipinski definition) is 12. The number of aliphatic hydroxyl groups excluding tert-OH is 1. The fourth-order valence-electron chi connectivity index (χ4n) is 9.37. The summed E-state index contributed by atoms with van der Waals surface area (Å²) >= 11 is 0. The molecule has 2 saturated heterocycles. The monoisotopic (exact) mass is 895 g/mol. The van der Waals surface area contributed by atoms with E-state index in [-0.39, 0.29) is 53.9 Å². The summed E-state index contributed by atoms with van der Waals surface area (Å²) in [7, 11) is 0. The van der Waals surface area contributed by atoms with Crippen molar-refractivity contribution in [3.8, 4) is 0 Å². The van der Waals surface area contributed by atoms with E-state index >= 15 is 0 Å². The number of piperidine rings is 1. The number of halogens is 3. The Bertz CT molecular complexity index is 2400. The summed E-state index contributed by atoms with van der Waals surface area (Å²) in [6, 6.07) is 23.4. The van der Waals surface area contributed by atoms with E-state index in [0.29, 0.717) is 50.2 Å². The second-order valence-corrected chi connectivity index (χ2v) is 17.4. The lowest BCUT2D eigenvalue weighted by Gasteiger charge is -2.33. The van der Waals surface area contributed by atoms with E-state index < -0.39 is 36.4 Å². The lowest BCUT2D eigenvalue weighted by Crippen LogP contribution is -2.49. The van der Waals surface area contributed by atoms with Crippen molar-refractivity contribution in [3.63, 3.8) is 0 Å². The molecule has 2 aliphatic heterocycles. The quantitative estimate of drug-likeness (QED) is 0.0949. The molecular weight excluding hydrogens is 844 g/mol. The molecule has 65 heavy (non-hydrogen) atoms. The predicted molar refractivity (Wildman–Crippen MR) is 235 cm³/mol. The van der Waals surface area contributed by atoms with Gasteiger partial charge in [0.05, 0.1) is 18.4 Å². The van der Waals surface area contributed by atoms with Gasteiger partial charge in [-0.1, -0.05) is 73.2 Å². The first-order valence-corrected chi connectivity index (χ1v) is 22.3. The van der Waals surface area contributed by atoms with Crippen LogP contribution in [0.1, 0.15) is 68.0 Å². The van der Waals surface area contributed by atoms with Gasteiger partial charge in [0, 0.05) is 62.8 Å². The molecule has 2 saturated carbocycles. The van der Waals surface area contributed by atoms with Crippen LogP contribution >= 0.6 is 0 Å². The molecule has 9 rings (SSSR count). The highest BCUT2D eigenvalue weighted by Crippen LogP contribution is 2.38. The van der Waals surface area contributed by atoms with Gasteiger partial charge in [-0.15, -0.1) is 0 Å². The van der Waals surface area contributed by atoms with Crippen molar-refractivity contribution in [2.45, 2.75) is 93.4 Å². The number of carbonyl (C=O) groups is 3. The third kappa shape index (κ3) is 9.79. The number of benzene rings is 2. The minimum Gasteiger partial charge on any atom is -0.451 e. The number of aliphatic hydroxyl groups is 1. The fraction of sp³-hybridized carbons (Fsp3) is 0.457. The fourth-order valence-corrected chi connectivity index (χ4v) is 9.37. The number of nitrogens with zero attached hydrogens (tertiary/aromatic N) is 7. The molecule has 3 aromatic heterocycles. The highest BCUT2D eigenvalue weighted by atomic mass is 19.4. The minimum absolute atomic E-state index is 0.0263. The first-order chi connectivity index (χ1) is 31.5. The summed E-state index contributed by atoms with van der Waals surface area (Å²) in [5, 5.41) is 24.6. The smallest absolute Gasteiger partial charge is 0.451 e. The van der Waals surface area contributed by atoms with E-state index in [4.69, 9.17) is 14.7 Å². The summed E-state index contributed by atoms with van der Waals surface area (Å²) in [6.45, 7) is 2.83. The molecule has 5 N–H and O–H groups in total. The summed E-state index contributed by atoms with van der Waals surface area (Å²) in [5.74, 6) is -1.75. The molecule has 3 amide bonds. The highest BCUT2D eigenvalue weighted by Gasteiger charge is 2.51. The molecule has 342 valence electrons. The normalized spacial score (nSPS) is 22.8. The number of hydrogen-bond donors (Lipinski definition) is 5. The lowest BCUT2D eigenvalue weighted by atomic mass is 9.84. The van der Waals surface area contributed by atoms with Gasteiger partial charge in [-0.2, -0.15) is 23.1 Å². The number of alkyl halides is 3. The van der Waals surface area contributed by atoms with E-state index in [0.717, 1.165) is 49.3 Å². The topological polar surface area (TPSA) is 192 Å². The molecule has 5 atom stereocenters. The molecule has 0 unspecified atom stereocenters. The van der Waals surface area contributed by atoms with E-state index in [9.17, 15) is 32.7 Å². The summed E-state index contributed by atoms with van der Waals surface area (Å²) < 4.78 is 47.0. The molecule has 19 heteroatoms. The van der Waals surface area contributed by atoms with Gasteiger partial charge in [0.1, 0.15) is 11.9 Å². The number of likely N-dealkylation sites (tertiary alicyclic amines) is 1. The van der Waals surface area contributed by atoms with Crippen LogP contribution in [0.25, 0.3) is 11.2 Å². The van der Waals surface area contributed by atoms with Crippen molar-refractivity contribution >= 4 is 46.7 Å². The Morgan fingerprint density at radius 1 is 0.831 bits per heavy atom. The average molecular weight is 896 g/mol. The molecule has 5 aromatic rings. The lowest BCUT2D eigenvalue weighted by molar-refractivity contribution is -0.209. The second-order valence-electron chi connectivity index (χ2n) is 17.4. The molecule has 2 aromatic carbocycles. The van der Waals surface area contributed by atoms with Crippen LogP contribution in [-0.4, -0.2) is 122 Å². The van der Waals surface area contributed by atoms with Crippen LogP contribution in [0.3, 0.4) is 0 Å². The van der Waals surface area contributed by atoms with E-state index in [2.05, 4.69) is 36.1 Å². The number of pyridine rings is 1. The largest absolute Gasteiger partial charge is 0.490 e. The number of fused-ring (bicyclic) bond motifs is 1. The zero-order valence-corrected chi connectivity index (χ0v) is 35.6. The Balaban J connectivity index is 0.965. The summed E-state index contributed by atoms with van der Waals surface area (Å²) in [6.07, 6.45) is -1.24. The Morgan fingerprint density at radius 2 is 1.52 bits per heavy atom. The highest BCUT2D eigenvalue weighted by molar-refractivity contribution is 5.85. The summed E-state index contributed by atoms with van der Waals surface area (Å²) in [4.78, 5) is 61.6. The van der Waals surface area contributed by atoms with Crippen molar-refractivity contribution in [3.05, 3.63) is 103 Å². The van der Waals surface area contributed by atoms with Gasteiger partial charge < -0.3 is 45.5 Å². The van der Waals surface area contributed by atoms with Crippen LogP contribution in [0.4, 0.5) is 35.5 Å². The SMILES string of the molecule is O=C(N[C@H]1C[C@@H](n2cnc3c(NCC(c4ccccc4)c4ccccc4)nc(N[C@H]4CCN(C(=O)NC5CCN(c6ccccn6)CC5)C4)nc32)[C@H](O)[C@@H]1OC(=O)C(F)(F)F)C1CCC1. The van der Waals surface area contributed by atoms with E-state index in [1.165, 1.54) is 6.33 Å². The molecule has 0 bridgehead atoms. The average Bonchev–Trinajstić information content (AvgIpc) is 4.02. The molecule has 4 fully saturated rings. The molecule has 16 nitrogen and oxygen atoms in total. The number of esters is 1. The Hall–Kier alpha value is -6.50. The first kappa shape index (κ1) is 43.7. The number of aromatic nitrogens is 5. The minimum atomic E-state index is -5.32. The van der Waals surface area contributed by atoms with Gasteiger partial charge in [-0.3, -0.25) is 4.79 Å². The summed E-state index contributed by atoms with van der Waals surface area (Å²) in [5.41, 5.74) is 2.70. The van der Waals surface area contributed by atoms with E-state index in [1.807, 2.05) is 78.9 Å². The first-order valence-electron chi connectivity index (χ1n) is 22.3. The van der Waals surface area contributed by atoms with Gasteiger partial charge in [0.2, 0.25) is 11.9 Å². The van der Waals surface area contributed by atoms with Gasteiger partial charge in [-0.25, -0.2) is 19.6 Å². The predicted octanol–water partition coefficient (Wildman–Crippen LogP) is 5.39. The number of ether oxygens (including phenoxy) is 1. The number of nitrogens with one attached hydrogen (secondary N) is 4. The van der Waals surface area contributed by atoms with Gasteiger partial charge >= 0.3 is 18.2 Å². The maximum atomic E-state index is 13.5. The second kappa shape index (κ2) is 18.9. The Morgan fingerprint density at radius 3 is 2.17 bits per heavy atom. The number of rotatable bonds is 13. The number of urea groups is 1. The van der Waals surface area contributed by atoms with Gasteiger partial charge in [0.25, 0.3) is 0 Å². The maximum Gasteiger partial charge on any atom is 0.490 e. The molecule has 2 aliphatic carbocycles. The maximum absolute atomic E-state index is 13.5. The zero-order valence-electron chi connectivity index (χ0n) is 35.6. The van der Waals surface area contributed by atoms with E-state index in [1.54, 1.807) is 15.7 Å². The van der Waals surface area contributed by atoms with Gasteiger partial charge in [-0.05, 0) is 61.8 Å². The van der Waals surface area contributed by atoms with Crippen LogP contribution in [0, 0.1) is 5.92 Å². The number of imidazole rings is 1. The number of amides is 3. The Kier molecular flexibility index (Phi) is 12.7. The van der Waals surface area contributed by atoms with Crippen molar-refractivity contribution < 1.29 is 37.4 Å². The van der Waals surface area contributed by atoms with Crippen molar-refractivity contribution in [2.75, 3.05) is 48.3 Å². The Labute approximate surface area is 373 Å². The molecule has 0 radical (unpaired) electrons. The zero-order chi connectivity index (χ0) is 45.1. The molecular formula is C46H52F3N11O5. The van der Waals surface area contributed by atoms with Crippen LogP contribution in [0.5, 0.6) is 0 Å².